The molecule has 6 rings (SSSR count). The number of nitrogens with one attached hydrogen (secondary N) is 2. The van der Waals surface area contributed by atoms with E-state index in [1.54, 1.807) is 48.7 Å². The lowest BCUT2D eigenvalue weighted by Gasteiger charge is -2.36. The molecule has 0 saturated carbocycles. The Morgan fingerprint density at radius 2 is 1.72 bits per heavy atom. The second kappa shape index (κ2) is 13.8. The topological polar surface area (TPSA) is 94.2 Å². The van der Waals surface area contributed by atoms with Crippen LogP contribution in [0.5, 0.6) is 28.7 Å². The Balaban J connectivity index is 1.10. The predicted molar refractivity (Wildman–Crippen MR) is 176 cm³/mol. The van der Waals surface area contributed by atoms with Crippen LogP contribution < -0.4 is 29.6 Å². The van der Waals surface area contributed by atoms with E-state index in [9.17, 15) is 9.18 Å². The number of piperidine rings is 1. The standard InChI is InChI=1S/C36H41FN4O5/c1-24(25-5-7-26(37)8-6-25)39-35(42)40-27-9-11-28(12-10-27)46-30-13-16-38-29-23-31(33-34(32(29)30)45-22-21-44-33)43-20-4-17-41-18-14-36(2,3)15-19-41/h5-13,16,23-24H,4,14-15,17-22H2,1-3H3,(H2,39,40,42)/t24-/m0/s1. The van der Waals surface area contributed by atoms with Gasteiger partial charge in [0, 0.05) is 24.5 Å². The van der Waals surface area contributed by atoms with Crippen molar-refractivity contribution in [3.63, 3.8) is 0 Å². The summed E-state index contributed by atoms with van der Waals surface area (Å²) in [4.78, 5) is 19.7. The molecule has 0 radical (unpaired) electrons. The van der Waals surface area contributed by atoms with Gasteiger partial charge in [-0.25, -0.2) is 9.18 Å². The van der Waals surface area contributed by atoms with Crippen molar-refractivity contribution < 1.29 is 28.1 Å². The minimum Gasteiger partial charge on any atom is -0.489 e. The lowest BCUT2D eigenvalue weighted by atomic mass is 9.83. The summed E-state index contributed by atoms with van der Waals surface area (Å²) in [6.07, 6.45) is 5.07. The van der Waals surface area contributed by atoms with E-state index in [-0.39, 0.29) is 17.9 Å². The van der Waals surface area contributed by atoms with Gasteiger partial charge in [-0.2, -0.15) is 0 Å². The van der Waals surface area contributed by atoms with Crippen molar-refractivity contribution in [1.82, 2.24) is 15.2 Å². The number of rotatable bonds is 10. The lowest BCUT2D eigenvalue weighted by Crippen LogP contribution is -2.38. The fourth-order valence-electron chi connectivity index (χ4n) is 5.75. The molecule has 1 fully saturated rings. The first-order chi connectivity index (χ1) is 22.2. The van der Waals surface area contributed by atoms with Crippen LogP contribution in [0.2, 0.25) is 0 Å². The minimum absolute atomic E-state index is 0.293. The molecule has 3 heterocycles. The number of carbonyl (C=O) groups excluding carboxylic acids is 1. The molecule has 0 aliphatic carbocycles. The number of hydrogen-bond acceptors (Lipinski definition) is 7. The largest absolute Gasteiger partial charge is 0.489 e. The van der Waals surface area contributed by atoms with Crippen LogP contribution in [-0.2, 0) is 0 Å². The normalized spacial score (nSPS) is 16.4. The zero-order valence-corrected chi connectivity index (χ0v) is 26.6. The molecule has 2 aliphatic rings. The first-order valence-corrected chi connectivity index (χ1v) is 15.9. The number of pyridine rings is 1. The summed E-state index contributed by atoms with van der Waals surface area (Å²) in [5.41, 5.74) is 2.52. The van der Waals surface area contributed by atoms with Crippen molar-refractivity contribution in [3.05, 3.63) is 78.2 Å². The summed E-state index contributed by atoms with van der Waals surface area (Å²) in [6.45, 7) is 11.2. The number of halogens is 1. The highest BCUT2D eigenvalue weighted by molar-refractivity contribution is 5.95. The number of hydrogen-bond donors (Lipinski definition) is 2. The number of urea groups is 1. The summed E-state index contributed by atoms with van der Waals surface area (Å²) in [5.74, 6) is 2.57. The van der Waals surface area contributed by atoms with E-state index in [2.05, 4.69) is 34.4 Å². The van der Waals surface area contributed by atoms with Crippen LogP contribution in [-0.4, -0.2) is 55.4 Å². The van der Waals surface area contributed by atoms with E-state index >= 15 is 0 Å². The average molecular weight is 629 g/mol. The molecular formula is C36H41FN4O5. The lowest BCUT2D eigenvalue weighted by molar-refractivity contribution is 0.124. The van der Waals surface area contributed by atoms with Gasteiger partial charge in [-0.1, -0.05) is 26.0 Å². The monoisotopic (exact) mass is 628 g/mol. The van der Waals surface area contributed by atoms with E-state index in [0.29, 0.717) is 70.6 Å². The molecule has 1 atom stereocenters. The van der Waals surface area contributed by atoms with Crippen molar-refractivity contribution >= 4 is 22.6 Å². The maximum atomic E-state index is 13.2. The van der Waals surface area contributed by atoms with Gasteiger partial charge in [0.2, 0.25) is 5.75 Å². The Bertz CT molecular complexity index is 1650. The van der Waals surface area contributed by atoms with Gasteiger partial charge in [-0.3, -0.25) is 4.98 Å². The molecule has 1 saturated heterocycles. The summed E-state index contributed by atoms with van der Waals surface area (Å²) < 4.78 is 37.9. The number of fused-ring (bicyclic) bond motifs is 3. The number of amides is 2. The highest BCUT2D eigenvalue weighted by atomic mass is 19.1. The number of ether oxygens (including phenoxy) is 4. The SMILES string of the molecule is C[C@H](NC(=O)Nc1ccc(Oc2ccnc3cc(OCCCN4CCC(C)(C)CC4)c4c(c23)OCCO4)cc1)c1ccc(F)cc1. The van der Waals surface area contributed by atoms with Gasteiger partial charge in [0.15, 0.2) is 11.5 Å². The highest BCUT2D eigenvalue weighted by Gasteiger charge is 2.26. The van der Waals surface area contributed by atoms with Crippen LogP contribution in [0.1, 0.15) is 51.6 Å². The van der Waals surface area contributed by atoms with Gasteiger partial charge >= 0.3 is 6.03 Å². The Hall–Kier alpha value is -4.57. The zero-order valence-electron chi connectivity index (χ0n) is 26.6. The molecule has 3 aromatic carbocycles. The third-order valence-electron chi connectivity index (χ3n) is 8.59. The molecule has 2 aliphatic heterocycles. The predicted octanol–water partition coefficient (Wildman–Crippen LogP) is 7.71. The quantitative estimate of drug-likeness (QED) is 0.174. The first-order valence-electron chi connectivity index (χ1n) is 15.9. The molecule has 0 spiro atoms. The van der Waals surface area contributed by atoms with Gasteiger partial charge < -0.3 is 34.5 Å². The molecule has 4 aromatic rings. The van der Waals surface area contributed by atoms with Gasteiger partial charge in [0.1, 0.15) is 30.5 Å². The second-order valence-corrected chi connectivity index (χ2v) is 12.6. The van der Waals surface area contributed by atoms with Crippen LogP contribution in [0.3, 0.4) is 0 Å². The van der Waals surface area contributed by atoms with E-state index in [1.165, 1.54) is 25.0 Å². The van der Waals surface area contributed by atoms with Crippen molar-refractivity contribution in [2.75, 3.05) is 44.8 Å². The third kappa shape index (κ3) is 7.62. The van der Waals surface area contributed by atoms with Crippen molar-refractivity contribution in [1.29, 1.82) is 0 Å². The third-order valence-corrected chi connectivity index (χ3v) is 8.59. The Labute approximate surface area is 269 Å². The summed E-state index contributed by atoms with van der Waals surface area (Å²) in [5, 5.41) is 6.38. The van der Waals surface area contributed by atoms with Gasteiger partial charge in [-0.05, 0) is 92.7 Å². The molecule has 46 heavy (non-hydrogen) atoms. The smallest absolute Gasteiger partial charge is 0.319 e. The molecule has 242 valence electrons. The van der Waals surface area contributed by atoms with Crippen LogP contribution in [0.25, 0.3) is 10.9 Å². The fraction of sp³-hybridized carbons (Fsp3) is 0.389. The molecule has 0 unspecified atom stereocenters. The fourth-order valence-corrected chi connectivity index (χ4v) is 5.75. The first kappa shape index (κ1) is 31.4. The van der Waals surface area contributed by atoms with Crippen LogP contribution >= 0.6 is 0 Å². The van der Waals surface area contributed by atoms with Crippen molar-refractivity contribution in [3.8, 4) is 28.7 Å². The van der Waals surface area contributed by atoms with Crippen molar-refractivity contribution in [2.45, 2.75) is 46.1 Å². The molecule has 1 aromatic heterocycles. The Morgan fingerprint density at radius 1 is 1.00 bits per heavy atom. The number of likely N-dealkylation sites (tertiary alicyclic amines) is 1. The van der Waals surface area contributed by atoms with Gasteiger partial charge in [0.05, 0.1) is 23.6 Å². The van der Waals surface area contributed by atoms with Crippen molar-refractivity contribution in [2.24, 2.45) is 5.41 Å². The molecule has 2 amide bonds. The number of carbonyl (C=O) groups is 1. The molecule has 9 nitrogen and oxygen atoms in total. The zero-order chi connectivity index (χ0) is 32.1. The summed E-state index contributed by atoms with van der Waals surface area (Å²) in [7, 11) is 0. The van der Waals surface area contributed by atoms with Crippen LogP contribution in [0.15, 0.2) is 66.9 Å². The van der Waals surface area contributed by atoms with Crippen LogP contribution in [0.4, 0.5) is 14.9 Å². The van der Waals surface area contributed by atoms with E-state index < -0.39 is 0 Å². The highest BCUT2D eigenvalue weighted by Crippen LogP contribution is 2.48. The molecule has 2 N–H and O–H groups in total. The van der Waals surface area contributed by atoms with E-state index in [4.69, 9.17) is 18.9 Å². The van der Waals surface area contributed by atoms with E-state index in [1.807, 2.05) is 13.0 Å². The average Bonchev–Trinajstić information content (AvgIpc) is 3.05. The second-order valence-electron chi connectivity index (χ2n) is 12.6. The van der Waals surface area contributed by atoms with Crippen LogP contribution in [0, 0.1) is 11.2 Å². The Kier molecular flexibility index (Phi) is 9.44. The maximum Gasteiger partial charge on any atom is 0.319 e. The number of aromatic nitrogens is 1. The van der Waals surface area contributed by atoms with E-state index in [0.717, 1.165) is 31.6 Å². The molecule has 0 bridgehead atoms. The number of anilines is 1. The van der Waals surface area contributed by atoms with Gasteiger partial charge in [0.25, 0.3) is 0 Å². The summed E-state index contributed by atoms with van der Waals surface area (Å²) in [6, 6.07) is 16.1. The Morgan fingerprint density at radius 3 is 2.46 bits per heavy atom. The minimum atomic E-state index is -0.372. The number of nitrogens with zero attached hydrogens (tertiary/aromatic N) is 2. The van der Waals surface area contributed by atoms with Gasteiger partial charge in [-0.15, -0.1) is 0 Å². The molecular weight excluding hydrogens is 587 g/mol. The maximum absolute atomic E-state index is 13.2. The summed E-state index contributed by atoms with van der Waals surface area (Å²) >= 11 is 0. The molecule has 10 heteroatoms. The number of benzene rings is 3.